The summed E-state index contributed by atoms with van der Waals surface area (Å²) in [7, 11) is 0. The molecule has 0 saturated carbocycles. The topological polar surface area (TPSA) is 11.4 Å². The van der Waals surface area contributed by atoms with Crippen molar-refractivity contribution in [1.29, 1.82) is 0 Å². The van der Waals surface area contributed by atoms with Crippen molar-refractivity contribution in [3.8, 4) is 61.3 Å². The van der Waals surface area contributed by atoms with Crippen LogP contribution in [0.5, 0.6) is 0 Å². The van der Waals surface area contributed by atoms with Gasteiger partial charge in [0.25, 0.3) is 0 Å². The minimum Gasteiger partial charge on any atom is -0.310 e. The van der Waals surface area contributed by atoms with Crippen LogP contribution in [-0.4, -0.2) is 4.57 Å². The quantitative estimate of drug-likeness (QED) is 0.107. The number of benzene rings is 20. The van der Waals surface area contributed by atoms with E-state index in [1.807, 2.05) is 34.0 Å². The van der Waals surface area contributed by atoms with Crippen molar-refractivity contribution in [2.75, 3.05) is 9.80 Å². The van der Waals surface area contributed by atoms with Crippen LogP contribution in [0.1, 0.15) is 44.5 Å². The molecule has 24 aromatic rings. The number of hydrogen-bond donors (Lipinski definition) is 0. The first-order chi connectivity index (χ1) is 63.5. The molecule has 4 aromatic heterocycles. The van der Waals surface area contributed by atoms with Gasteiger partial charge in [0, 0.05) is 111 Å². The number of rotatable bonds is 14. The Bertz CT molecular complexity index is 8280. The second-order valence-electron chi connectivity index (χ2n) is 33.6. The van der Waals surface area contributed by atoms with Crippen LogP contribution >= 0.6 is 34.0 Å². The van der Waals surface area contributed by atoms with E-state index >= 15 is 0 Å². The van der Waals surface area contributed by atoms with E-state index in [2.05, 4.69) is 494 Å². The Hall–Kier alpha value is -15.5. The molecule has 0 radical (unpaired) electrons. The van der Waals surface area contributed by atoms with E-state index in [1.165, 1.54) is 182 Å². The van der Waals surface area contributed by atoms with Gasteiger partial charge in [-0.3, -0.25) is 0 Å². The highest BCUT2D eigenvalue weighted by Gasteiger charge is 2.48. The molecule has 0 spiro atoms. The van der Waals surface area contributed by atoms with E-state index in [4.69, 9.17) is 0 Å². The van der Waals surface area contributed by atoms with Crippen molar-refractivity contribution in [2.45, 2.75) is 10.8 Å². The number of anilines is 6. The maximum atomic E-state index is 2.46. The third-order valence-corrected chi connectivity index (χ3v) is 30.4. The monoisotopic (exact) mass is 1680 g/mol. The Labute approximate surface area is 754 Å². The van der Waals surface area contributed by atoms with Gasteiger partial charge in [0.15, 0.2) is 0 Å². The van der Waals surface area contributed by atoms with Crippen LogP contribution in [0.2, 0.25) is 0 Å². The zero-order valence-electron chi connectivity index (χ0n) is 69.7. The number of para-hydroxylation sites is 2. The highest BCUT2D eigenvalue weighted by Crippen LogP contribution is 2.60. The standard InChI is InChI=1S/C61H40N2S.C61H39NS2/c1-3-15-43(16-4-1)61(44-17-5-2-6-18-44)55-23-11-7-19-49(55)50-37-36-48(40-56(50)61)62(45-30-27-41(28-31-45)42-29-38-60-54(39-42)53-22-10-14-26-59(53)64-60)46-32-34-47(35-33-46)63-57-24-12-8-20-51(57)52-21-9-13-25-58(52)63;1-3-14-43(15-4-1)61(44-16-5-2-6-17-44)55-23-10-7-18-49(55)50-36-35-47(39-56(50)61)62(45-31-26-40(27-32-45)42-30-37-59-54(38-42)52-20-9-11-24-57(52)63-59)46-33-28-41(29-34-46)48-21-13-22-53-51-19-8-12-25-58(51)64-60(48)53/h1-40H;1-39H. The molecule has 0 saturated heterocycles. The Morgan fingerprint density at radius 2 is 0.484 bits per heavy atom. The normalized spacial score (nSPS) is 12.8. The summed E-state index contributed by atoms with van der Waals surface area (Å²) >= 11 is 5.60. The molecule has 0 bridgehead atoms. The van der Waals surface area contributed by atoms with Crippen molar-refractivity contribution >= 4 is 150 Å². The van der Waals surface area contributed by atoms with Crippen LogP contribution in [0.15, 0.2) is 479 Å². The first kappa shape index (κ1) is 75.0. The average Bonchev–Trinajstić information content (AvgIpc) is 1.47. The number of aromatic nitrogens is 1. The molecular weight excluding hydrogens is 1600 g/mol. The van der Waals surface area contributed by atoms with Gasteiger partial charge < -0.3 is 14.4 Å². The predicted octanol–water partition coefficient (Wildman–Crippen LogP) is 34.2. The molecular formula is C122H79N3S3. The van der Waals surface area contributed by atoms with Crippen molar-refractivity contribution in [2.24, 2.45) is 0 Å². The molecule has 0 atom stereocenters. The molecule has 128 heavy (non-hydrogen) atoms. The molecule has 2 aliphatic rings. The molecule has 3 nitrogen and oxygen atoms in total. The lowest BCUT2D eigenvalue weighted by Crippen LogP contribution is -2.28. The molecule has 0 aliphatic heterocycles. The lowest BCUT2D eigenvalue weighted by Gasteiger charge is -2.35. The van der Waals surface area contributed by atoms with Gasteiger partial charge in [0.1, 0.15) is 0 Å². The maximum absolute atomic E-state index is 2.46. The number of fused-ring (bicyclic) bond motifs is 18. The predicted molar refractivity (Wildman–Crippen MR) is 546 cm³/mol. The van der Waals surface area contributed by atoms with E-state index < -0.39 is 10.8 Å². The molecule has 600 valence electrons. The molecule has 0 N–H and O–H groups in total. The van der Waals surface area contributed by atoms with Gasteiger partial charge in [-0.15, -0.1) is 34.0 Å². The summed E-state index contributed by atoms with van der Waals surface area (Å²) in [5.41, 5.74) is 31.7. The van der Waals surface area contributed by atoms with E-state index in [0.29, 0.717) is 0 Å². The molecule has 20 aromatic carbocycles. The van der Waals surface area contributed by atoms with E-state index in [9.17, 15) is 0 Å². The third-order valence-electron chi connectivity index (χ3n) is 26.9. The minimum absolute atomic E-state index is 0.503. The largest absolute Gasteiger partial charge is 0.310 e. The summed E-state index contributed by atoms with van der Waals surface area (Å²) in [6.07, 6.45) is 0. The Morgan fingerprint density at radius 3 is 0.914 bits per heavy atom. The van der Waals surface area contributed by atoms with Crippen LogP contribution in [0.3, 0.4) is 0 Å². The lowest BCUT2D eigenvalue weighted by molar-refractivity contribution is 0.768. The van der Waals surface area contributed by atoms with Gasteiger partial charge in [-0.05, 0) is 240 Å². The van der Waals surface area contributed by atoms with Crippen molar-refractivity contribution in [3.63, 3.8) is 0 Å². The SMILES string of the molecule is c1ccc(C2(c3ccccc3)c3ccccc3-c3ccc(N(c4ccc(-c5ccc6sc7ccccc7c6c5)cc4)c4ccc(-c5cccc6c5sc5ccccc56)cc4)cc32)cc1.c1ccc(C2(c3ccccc3)c3ccccc3-c3ccc(N(c4ccc(-c5ccc6sc7ccccc7c6c5)cc4)c4ccc(-n5c6ccccc6c6ccccc65)cc4)cc32)cc1. The van der Waals surface area contributed by atoms with Gasteiger partial charge in [-0.2, -0.15) is 0 Å². The van der Waals surface area contributed by atoms with Crippen molar-refractivity contribution < 1.29 is 0 Å². The molecule has 0 amide bonds. The zero-order chi connectivity index (χ0) is 84.4. The number of hydrogen-bond acceptors (Lipinski definition) is 5. The Kier molecular flexibility index (Phi) is 18.0. The summed E-state index contributed by atoms with van der Waals surface area (Å²) in [6, 6.07) is 177. The first-order valence-corrected chi connectivity index (χ1v) is 46.4. The van der Waals surface area contributed by atoms with Gasteiger partial charge in [-0.25, -0.2) is 0 Å². The van der Waals surface area contributed by atoms with Gasteiger partial charge >= 0.3 is 0 Å². The van der Waals surface area contributed by atoms with Crippen molar-refractivity contribution in [1.82, 2.24) is 4.57 Å². The summed E-state index contributed by atoms with van der Waals surface area (Å²) in [5, 5.41) is 10.4. The second-order valence-corrected chi connectivity index (χ2v) is 36.8. The minimum atomic E-state index is -0.509. The van der Waals surface area contributed by atoms with Gasteiger partial charge in [0.2, 0.25) is 0 Å². The van der Waals surface area contributed by atoms with Crippen LogP contribution in [0.25, 0.3) is 144 Å². The fraction of sp³-hybridized carbons (Fsp3) is 0.0164. The summed E-state index contributed by atoms with van der Waals surface area (Å²) in [6.45, 7) is 0. The second kappa shape index (κ2) is 30.7. The van der Waals surface area contributed by atoms with Crippen LogP contribution in [-0.2, 0) is 10.8 Å². The van der Waals surface area contributed by atoms with Crippen LogP contribution < -0.4 is 9.80 Å². The molecule has 0 unspecified atom stereocenters. The number of nitrogens with zero attached hydrogens (tertiary/aromatic N) is 3. The Morgan fingerprint density at radius 1 is 0.180 bits per heavy atom. The molecule has 4 heterocycles. The number of thiophene rings is 3. The van der Waals surface area contributed by atoms with E-state index in [-0.39, 0.29) is 0 Å². The summed E-state index contributed by atoms with van der Waals surface area (Å²) < 4.78 is 10.3. The highest BCUT2D eigenvalue weighted by molar-refractivity contribution is 7.27. The fourth-order valence-electron chi connectivity index (χ4n) is 21.2. The summed E-state index contributed by atoms with van der Waals surface area (Å²) in [5.74, 6) is 0. The average molecular weight is 1680 g/mol. The summed E-state index contributed by atoms with van der Waals surface area (Å²) in [4.78, 5) is 4.87. The lowest BCUT2D eigenvalue weighted by atomic mass is 9.67. The molecule has 26 rings (SSSR count). The fourth-order valence-corrected chi connectivity index (χ4v) is 24.6. The highest BCUT2D eigenvalue weighted by atomic mass is 32.1. The Balaban J connectivity index is 0.000000139. The van der Waals surface area contributed by atoms with E-state index in [0.717, 1.165) is 39.8 Å². The third kappa shape index (κ3) is 12.0. The molecule has 2 aliphatic carbocycles. The van der Waals surface area contributed by atoms with Crippen molar-refractivity contribution in [3.05, 3.63) is 524 Å². The zero-order valence-corrected chi connectivity index (χ0v) is 72.1. The van der Waals surface area contributed by atoms with E-state index in [1.54, 1.807) is 0 Å². The molecule has 0 fully saturated rings. The van der Waals surface area contributed by atoms with Gasteiger partial charge in [0.05, 0.1) is 21.9 Å². The van der Waals surface area contributed by atoms with Crippen LogP contribution in [0, 0.1) is 0 Å². The first-order valence-electron chi connectivity index (χ1n) is 43.9. The molecule has 6 heteroatoms. The van der Waals surface area contributed by atoms with Gasteiger partial charge in [-0.1, -0.05) is 340 Å². The van der Waals surface area contributed by atoms with Crippen LogP contribution in [0.4, 0.5) is 34.1 Å². The smallest absolute Gasteiger partial charge is 0.0714 e. The maximum Gasteiger partial charge on any atom is 0.0714 e.